The number of carbonyl (C=O) groups is 2. The summed E-state index contributed by atoms with van der Waals surface area (Å²) in [7, 11) is -1.95. The first-order chi connectivity index (χ1) is 13.0. The van der Waals surface area contributed by atoms with Gasteiger partial charge in [-0.15, -0.1) is 0 Å². The number of hydrogen-bond acceptors (Lipinski definition) is 4. The first kappa shape index (κ1) is 24.4. The molecule has 158 valence electrons. The Labute approximate surface area is 172 Å². The second kappa shape index (κ2) is 9.73. The van der Waals surface area contributed by atoms with Gasteiger partial charge in [-0.2, -0.15) is 0 Å². The number of allylic oxidation sites excluding steroid dienone is 1. The van der Waals surface area contributed by atoms with Crippen molar-refractivity contribution in [2.24, 2.45) is 0 Å². The summed E-state index contributed by atoms with van der Waals surface area (Å²) in [6.07, 6.45) is 0. The van der Waals surface area contributed by atoms with Gasteiger partial charge >= 0.3 is 11.9 Å². The van der Waals surface area contributed by atoms with E-state index in [0.29, 0.717) is 46.6 Å². The van der Waals surface area contributed by atoms with Crippen LogP contribution in [0.25, 0.3) is 0 Å². The highest BCUT2D eigenvalue weighted by Crippen LogP contribution is 2.47. The van der Waals surface area contributed by atoms with Crippen LogP contribution in [-0.4, -0.2) is 33.2 Å². The quantitative estimate of drug-likeness (QED) is 0.372. The predicted octanol–water partition coefficient (Wildman–Crippen LogP) is 5.90. The van der Waals surface area contributed by atoms with Crippen LogP contribution in [0, 0.1) is 0 Å². The first-order valence-corrected chi connectivity index (χ1v) is 12.8. The molecule has 0 fully saturated rings. The largest absolute Gasteiger partial charge is 0.462 e. The van der Waals surface area contributed by atoms with Gasteiger partial charge in [-0.1, -0.05) is 47.2 Å². The van der Waals surface area contributed by atoms with E-state index in [4.69, 9.17) is 9.47 Å². The number of esters is 2. The van der Waals surface area contributed by atoms with Gasteiger partial charge in [0.2, 0.25) is 0 Å². The molecule has 0 aromatic rings. The molecule has 0 saturated heterocycles. The van der Waals surface area contributed by atoms with E-state index >= 15 is 0 Å². The van der Waals surface area contributed by atoms with Gasteiger partial charge < -0.3 is 9.47 Å². The highest BCUT2D eigenvalue weighted by atomic mass is 28.3. The molecule has 0 unspecified atom stereocenters. The van der Waals surface area contributed by atoms with Gasteiger partial charge in [0.1, 0.15) is 0 Å². The maximum absolute atomic E-state index is 12.8. The van der Waals surface area contributed by atoms with E-state index in [0.717, 1.165) is 11.1 Å². The summed E-state index contributed by atoms with van der Waals surface area (Å²) in [4.78, 5) is 25.5. The molecule has 28 heavy (non-hydrogen) atoms. The van der Waals surface area contributed by atoms with E-state index in [9.17, 15) is 9.59 Å². The Hall–Kier alpha value is -1.62. The van der Waals surface area contributed by atoms with Gasteiger partial charge in [0.15, 0.2) is 0 Å². The molecule has 0 spiro atoms. The van der Waals surface area contributed by atoms with Gasteiger partial charge in [0.05, 0.1) is 32.4 Å². The van der Waals surface area contributed by atoms with E-state index in [1.807, 2.05) is 13.8 Å². The smallest absolute Gasteiger partial charge is 0.339 e. The molecule has 0 heterocycles. The van der Waals surface area contributed by atoms with Gasteiger partial charge in [0.25, 0.3) is 0 Å². The van der Waals surface area contributed by atoms with Crippen molar-refractivity contribution in [2.75, 3.05) is 13.2 Å². The first-order valence-electron chi connectivity index (χ1n) is 10.5. The maximum atomic E-state index is 12.8. The van der Waals surface area contributed by atoms with Crippen LogP contribution in [0.4, 0.5) is 0 Å². The topological polar surface area (TPSA) is 52.6 Å². The fourth-order valence-electron chi connectivity index (χ4n) is 4.84. The van der Waals surface area contributed by atoms with E-state index in [-0.39, 0.29) is 11.9 Å². The zero-order chi connectivity index (χ0) is 21.8. The average Bonchev–Trinajstić information content (AvgIpc) is 2.81. The highest BCUT2D eigenvalue weighted by molar-refractivity contribution is 6.88. The molecule has 5 heteroatoms. The third kappa shape index (κ3) is 4.34. The molecule has 0 aliphatic heterocycles. The van der Waals surface area contributed by atoms with Crippen molar-refractivity contribution in [3.05, 3.63) is 33.6 Å². The normalized spacial score (nSPS) is 16.8. The molecule has 0 atom stereocenters. The summed E-state index contributed by atoms with van der Waals surface area (Å²) >= 11 is 0. The van der Waals surface area contributed by atoms with Crippen LogP contribution in [0.1, 0.15) is 69.2 Å². The maximum Gasteiger partial charge on any atom is 0.339 e. The van der Waals surface area contributed by atoms with Crippen LogP contribution >= 0.6 is 0 Å². The molecule has 0 aromatic heterocycles. The Kier molecular flexibility index (Phi) is 8.48. The molecular formula is C23H38O4Si. The van der Waals surface area contributed by atoms with Gasteiger partial charge in [-0.05, 0) is 61.0 Å². The Morgan fingerprint density at radius 3 is 1.54 bits per heavy atom. The Morgan fingerprint density at radius 1 is 0.786 bits per heavy atom. The fourth-order valence-corrected chi connectivity index (χ4v) is 10.7. The van der Waals surface area contributed by atoms with E-state index in [2.05, 4.69) is 47.2 Å². The number of carbonyl (C=O) groups excluding carboxylic acids is 2. The summed E-state index contributed by atoms with van der Waals surface area (Å²) in [6, 6.07) is 0. The van der Waals surface area contributed by atoms with E-state index < -0.39 is 8.07 Å². The van der Waals surface area contributed by atoms with Crippen LogP contribution < -0.4 is 0 Å². The summed E-state index contributed by atoms with van der Waals surface area (Å²) in [6.45, 7) is 21.6. The zero-order valence-corrected chi connectivity index (χ0v) is 20.4. The van der Waals surface area contributed by atoms with Crippen LogP contribution in [0.2, 0.25) is 16.6 Å². The predicted molar refractivity (Wildman–Crippen MR) is 118 cm³/mol. The molecule has 1 aliphatic carbocycles. The third-order valence-electron chi connectivity index (χ3n) is 6.15. The lowest BCUT2D eigenvalue weighted by atomic mass is 10.1. The van der Waals surface area contributed by atoms with Crippen molar-refractivity contribution in [3.63, 3.8) is 0 Å². The van der Waals surface area contributed by atoms with Crippen molar-refractivity contribution in [1.29, 1.82) is 0 Å². The third-order valence-corrected chi connectivity index (χ3v) is 12.9. The molecule has 0 saturated carbocycles. The second-order valence-electron chi connectivity index (χ2n) is 8.46. The lowest BCUT2D eigenvalue weighted by Gasteiger charge is -2.41. The van der Waals surface area contributed by atoms with Crippen molar-refractivity contribution in [3.8, 4) is 0 Å². The van der Waals surface area contributed by atoms with Crippen molar-refractivity contribution >= 4 is 20.0 Å². The zero-order valence-electron chi connectivity index (χ0n) is 19.4. The molecule has 0 bridgehead atoms. The van der Waals surface area contributed by atoms with Gasteiger partial charge in [-0.25, -0.2) is 9.59 Å². The van der Waals surface area contributed by atoms with Crippen LogP contribution in [0.15, 0.2) is 33.6 Å². The molecule has 0 aromatic carbocycles. The molecule has 4 nitrogen and oxygen atoms in total. The second-order valence-corrected chi connectivity index (χ2v) is 14.2. The van der Waals surface area contributed by atoms with Crippen LogP contribution in [0.5, 0.6) is 0 Å². The minimum atomic E-state index is -1.95. The average molecular weight is 407 g/mol. The number of ether oxygens (including phenoxy) is 2. The molecular weight excluding hydrogens is 368 g/mol. The summed E-state index contributed by atoms with van der Waals surface area (Å²) in [5, 5.41) is 0. The van der Waals surface area contributed by atoms with E-state index in [1.165, 1.54) is 0 Å². The standard InChI is InChI=1S/C23H38O4Si/c1-11-26-22(24)20-17(9)19(21(18(20)10)23(25)27-12-2)13-28(14(3)4,15(5)6)16(7)8/h13-16H,11-12H2,1-10H3. The minimum Gasteiger partial charge on any atom is -0.462 e. The summed E-state index contributed by atoms with van der Waals surface area (Å²) in [5.41, 5.74) is 7.29. The van der Waals surface area contributed by atoms with Crippen molar-refractivity contribution in [1.82, 2.24) is 0 Å². The fraction of sp³-hybridized carbons (Fsp3) is 0.652. The van der Waals surface area contributed by atoms with Crippen molar-refractivity contribution < 1.29 is 19.1 Å². The highest BCUT2D eigenvalue weighted by Gasteiger charge is 2.43. The summed E-state index contributed by atoms with van der Waals surface area (Å²) in [5.74, 6) is -0.724. The molecule has 1 rings (SSSR count). The number of rotatable bonds is 8. The lowest BCUT2D eigenvalue weighted by Crippen LogP contribution is -2.43. The molecule has 0 radical (unpaired) electrons. The van der Waals surface area contributed by atoms with Gasteiger partial charge in [-0.3, -0.25) is 0 Å². The minimum absolute atomic E-state index is 0.303. The Morgan fingerprint density at radius 2 is 1.18 bits per heavy atom. The van der Waals surface area contributed by atoms with Gasteiger partial charge in [0, 0.05) is 0 Å². The monoisotopic (exact) mass is 406 g/mol. The Balaban J connectivity index is 3.81. The van der Waals surface area contributed by atoms with E-state index in [1.54, 1.807) is 13.8 Å². The Bertz CT molecular complexity index is 686. The van der Waals surface area contributed by atoms with Crippen LogP contribution in [-0.2, 0) is 19.1 Å². The van der Waals surface area contributed by atoms with Crippen LogP contribution in [0.3, 0.4) is 0 Å². The molecule has 1 aliphatic rings. The lowest BCUT2D eigenvalue weighted by molar-refractivity contribution is -0.138. The number of hydrogen-bond donors (Lipinski definition) is 0. The summed E-state index contributed by atoms with van der Waals surface area (Å²) < 4.78 is 10.6. The van der Waals surface area contributed by atoms with Crippen molar-refractivity contribution in [2.45, 2.75) is 85.9 Å². The molecule has 0 N–H and O–H groups in total. The SMILES string of the molecule is CCOC(=O)C1=C(C)C(C(=O)OCC)=C(C)C1=C[Si](C(C)C)(C(C)C)C(C)C. The molecule has 0 amide bonds.